The molecular weight excluding hydrogens is 262 g/mol. The number of ether oxygens (including phenoxy) is 2. The van der Waals surface area contributed by atoms with Crippen molar-refractivity contribution in [2.75, 3.05) is 20.8 Å². The second-order valence-electron chi connectivity index (χ2n) is 5.06. The van der Waals surface area contributed by atoms with E-state index in [2.05, 4.69) is 43.1 Å². The average molecular weight is 289 g/mol. The van der Waals surface area contributed by atoms with Crippen LogP contribution in [-0.4, -0.2) is 26.8 Å². The summed E-state index contributed by atoms with van der Waals surface area (Å²) < 4.78 is 10.8. The Kier molecular flexibility index (Phi) is 7.71. The number of benzene rings is 1. The Bertz CT molecular complexity index is 465. The molecule has 2 atom stereocenters. The molecule has 0 aliphatic heterocycles. The van der Waals surface area contributed by atoms with Crippen molar-refractivity contribution in [1.29, 1.82) is 0 Å². The highest BCUT2D eigenvalue weighted by molar-refractivity contribution is 5.40. The minimum absolute atomic E-state index is 0.380. The summed E-state index contributed by atoms with van der Waals surface area (Å²) in [6.07, 6.45) is 1.92. The van der Waals surface area contributed by atoms with Crippen LogP contribution < -0.4 is 14.8 Å². The molecule has 116 valence electrons. The lowest BCUT2D eigenvalue weighted by Crippen LogP contribution is -2.32. The molecular formula is C18H27NO2. The maximum absolute atomic E-state index is 5.38. The van der Waals surface area contributed by atoms with Gasteiger partial charge in [0.2, 0.25) is 0 Å². The topological polar surface area (TPSA) is 30.5 Å². The van der Waals surface area contributed by atoms with Crippen LogP contribution in [0, 0.1) is 11.8 Å². The van der Waals surface area contributed by atoms with Crippen LogP contribution in [0.5, 0.6) is 11.5 Å². The Morgan fingerprint density at radius 2 is 1.76 bits per heavy atom. The van der Waals surface area contributed by atoms with E-state index in [4.69, 9.17) is 9.47 Å². The second-order valence-corrected chi connectivity index (χ2v) is 5.06. The van der Waals surface area contributed by atoms with Crippen LogP contribution in [0.25, 0.3) is 0 Å². The van der Waals surface area contributed by atoms with Crippen molar-refractivity contribution in [2.45, 2.75) is 45.6 Å². The quantitative estimate of drug-likeness (QED) is 0.742. The van der Waals surface area contributed by atoms with Crippen molar-refractivity contribution in [3.63, 3.8) is 0 Å². The summed E-state index contributed by atoms with van der Waals surface area (Å²) in [5.74, 6) is 8.18. The lowest BCUT2D eigenvalue weighted by Gasteiger charge is -2.25. The van der Waals surface area contributed by atoms with Gasteiger partial charge in [-0.3, -0.25) is 0 Å². The van der Waals surface area contributed by atoms with Gasteiger partial charge in [0.1, 0.15) is 11.5 Å². The van der Waals surface area contributed by atoms with Gasteiger partial charge >= 0.3 is 0 Å². The molecule has 0 spiro atoms. The van der Waals surface area contributed by atoms with Crippen LogP contribution in [0.15, 0.2) is 18.2 Å². The Labute approximate surface area is 129 Å². The number of rotatable bonds is 8. The first-order valence-corrected chi connectivity index (χ1v) is 7.52. The summed E-state index contributed by atoms with van der Waals surface area (Å²) in [5, 5.41) is 3.52. The predicted octanol–water partition coefficient (Wildman–Crippen LogP) is 3.59. The summed E-state index contributed by atoms with van der Waals surface area (Å²) in [7, 11) is 3.37. The molecule has 3 nitrogen and oxygen atoms in total. The minimum atomic E-state index is 0.380. The lowest BCUT2D eigenvalue weighted by molar-refractivity contribution is 0.389. The van der Waals surface area contributed by atoms with Crippen molar-refractivity contribution in [1.82, 2.24) is 5.32 Å². The number of methoxy groups -OCH3 is 2. The molecule has 1 rings (SSSR count). The molecule has 0 bridgehead atoms. The maximum Gasteiger partial charge on any atom is 0.122 e. The van der Waals surface area contributed by atoms with E-state index >= 15 is 0 Å². The number of nitrogens with one attached hydrogen (secondary N) is 1. The number of hydrogen-bond acceptors (Lipinski definition) is 3. The lowest BCUT2D eigenvalue weighted by atomic mass is 9.88. The monoisotopic (exact) mass is 289 g/mol. The Morgan fingerprint density at radius 1 is 1.14 bits per heavy atom. The minimum Gasteiger partial charge on any atom is -0.497 e. The molecule has 1 aromatic rings. The van der Waals surface area contributed by atoms with Crippen LogP contribution in [0.3, 0.4) is 0 Å². The zero-order valence-corrected chi connectivity index (χ0v) is 13.8. The smallest absolute Gasteiger partial charge is 0.122 e. The van der Waals surface area contributed by atoms with Crippen molar-refractivity contribution in [2.24, 2.45) is 0 Å². The van der Waals surface area contributed by atoms with Crippen LogP contribution in [0.2, 0.25) is 0 Å². The van der Waals surface area contributed by atoms with Crippen LogP contribution >= 0.6 is 0 Å². The third-order valence-electron chi connectivity index (χ3n) is 3.69. The maximum atomic E-state index is 5.38. The molecule has 1 N–H and O–H groups in total. The number of hydrogen-bond donors (Lipinski definition) is 1. The Hall–Kier alpha value is -1.66. The van der Waals surface area contributed by atoms with Gasteiger partial charge in [0.05, 0.1) is 14.2 Å². The van der Waals surface area contributed by atoms with E-state index in [0.717, 1.165) is 30.9 Å². The highest BCUT2D eigenvalue weighted by Gasteiger charge is 2.19. The van der Waals surface area contributed by atoms with Gasteiger partial charge in [-0.1, -0.05) is 6.92 Å². The predicted molar refractivity (Wildman–Crippen MR) is 88.1 cm³/mol. The highest BCUT2D eigenvalue weighted by Crippen LogP contribution is 2.31. The first kappa shape index (κ1) is 17.4. The molecule has 21 heavy (non-hydrogen) atoms. The van der Waals surface area contributed by atoms with Crippen LogP contribution in [0.1, 0.15) is 45.1 Å². The average Bonchev–Trinajstić information content (AvgIpc) is 2.51. The molecule has 0 radical (unpaired) electrons. The largest absolute Gasteiger partial charge is 0.497 e. The summed E-state index contributed by atoms with van der Waals surface area (Å²) in [6.45, 7) is 7.20. The van der Waals surface area contributed by atoms with Gasteiger partial charge in [0.25, 0.3) is 0 Å². The van der Waals surface area contributed by atoms with E-state index in [0.29, 0.717) is 12.0 Å². The molecule has 0 fully saturated rings. The van der Waals surface area contributed by atoms with Gasteiger partial charge in [-0.2, -0.15) is 0 Å². The Morgan fingerprint density at radius 3 is 2.24 bits per heavy atom. The first-order chi connectivity index (χ1) is 10.2. The molecule has 0 saturated heterocycles. The molecule has 0 aliphatic rings. The third kappa shape index (κ3) is 5.32. The van der Waals surface area contributed by atoms with Crippen molar-refractivity contribution < 1.29 is 9.47 Å². The standard InChI is InChI=1S/C18H27NO2/c1-6-8-9-10-18(14(3)19-7-2)15-11-16(20-4)13-17(12-15)21-5/h11-14,18-19H,7,9-10H2,1-5H3. The van der Waals surface area contributed by atoms with E-state index in [1.54, 1.807) is 14.2 Å². The van der Waals surface area contributed by atoms with Gasteiger partial charge in [-0.25, -0.2) is 0 Å². The van der Waals surface area contributed by atoms with Crippen LogP contribution in [0.4, 0.5) is 0 Å². The fraction of sp³-hybridized carbons (Fsp3) is 0.556. The van der Waals surface area contributed by atoms with E-state index < -0.39 is 0 Å². The zero-order chi connectivity index (χ0) is 15.7. The van der Waals surface area contributed by atoms with Gasteiger partial charge in [-0.05, 0) is 44.5 Å². The fourth-order valence-electron chi connectivity index (χ4n) is 2.57. The van der Waals surface area contributed by atoms with Gasteiger partial charge in [0.15, 0.2) is 0 Å². The second kappa shape index (κ2) is 9.31. The van der Waals surface area contributed by atoms with E-state index in [-0.39, 0.29) is 0 Å². The SMILES string of the molecule is CC#CCCC(c1cc(OC)cc(OC)c1)C(C)NCC. The molecule has 0 heterocycles. The fourth-order valence-corrected chi connectivity index (χ4v) is 2.57. The van der Waals surface area contributed by atoms with Crippen molar-refractivity contribution >= 4 is 0 Å². The zero-order valence-electron chi connectivity index (χ0n) is 13.8. The first-order valence-electron chi connectivity index (χ1n) is 7.52. The molecule has 3 heteroatoms. The highest BCUT2D eigenvalue weighted by atomic mass is 16.5. The summed E-state index contributed by atoms with van der Waals surface area (Å²) in [6, 6.07) is 6.48. The van der Waals surface area contributed by atoms with E-state index in [1.807, 2.05) is 13.0 Å². The summed E-state index contributed by atoms with van der Waals surface area (Å²) in [4.78, 5) is 0. The molecule has 0 aliphatic carbocycles. The third-order valence-corrected chi connectivity index (χ3v) is 3.69. The van der Waals surface area contributed by atoms with Crippen molar-refractivity contribution in [3.8, 4) is 23.3 Å². The van der Waals surface area contributed by atoms with Gasteiger partial charge < -0.3 is 14.8 Å². The summed E-state index contributed by atoms with van der Waals surface area (Å²) in [5.41, 5.74) is 1.23. The van der Waals surface area contributed by atoms with E-state index in [9.17, 15) is 0 Å². The normalized spacial score (nSPS) is 13.0. The van der Waals surface area contributed by atoms with Crippen molar-refractivity contribution in [3.05, 3.63) is 23.8 Å². The Balaban J connectivity index is 3.06. The molecule has 1 aromatic carbocycles. The molecule has 2 unspecified atom stereocenters. The number of likely N-dealkylation sites (N-methyl/N-ethyl adjacent to an activating group) is 1. The van der Waals surface area contributed by atoms with Gasteiger partial charge in [-0.15, -0.1) is 11.8 Å². The van der Waals surface area contributed by atoms with Crippen LogP contribution in [-0.2, 0) is 0 Å². The molecule has 0 aromatic heterocycles. The summed E-state index contributed by atoms with van der Waals surface area (Å²) >= 11 is 0. The molecule has 0 amide bonds. The molecule has 0 saturated carbocycles. The van der Waals surface area contributed by atoms with Gasteiger partial charge in [0, 0.05) is 24.4 Å². The van der Waals surface area contributed by atoms with E-state index in [1.165, 1.54) is 5.56 Å².